The quantitative estimate of drug-likeness (QED) is 0.815. The Morgan fingerprint density at radius 2 is 1.76 bits per heavy atom. The molecular formula is C18H22ClNO. The molecule has 112 valence electrons. The number of para-hydroxylation sites is 1. The Kier molecular flexibility index (Phi) is 4.92. The summed E-state index contributed by atoms with van der Waals surface area (Å²) < 4.78 is 5.92. The first-order valence-electron chi connectivity index (χ1n) is 7.24. The molecule has 0 fully saturated rings. The molecule has 2 rings (SSSR count). The minimum absolute atomic E-state index is 0.172. The number of halogens is 1. The van der Waals surface area contributed by atoms with Crippen molar-refractivity contribution in [3.63, 3.8) is 0 Å². The van der Waals surface area contributed by atoms with Crippen LogP contribution >= 0.6 is 11.6 Å². The second kappa shape index (κ2) is 6.50. The molecule has 0 saturated heterocycles. The van der Waals surface area contributed by atoms with E-state index >= 15 is 0 Å². The van der Waals surface area contributed by atoms with Gasteiger partial charge in [-0.1, -0.05) is 56.6 Å². The number of ether oxygens (including phenoxy) is 1. The van der Waals surface area contributed by atoms with E-state index < -0.39 is 0 Å². The van der Waals surface area contributed by atoms with E-state index in [1.54, 1.807) is 0 Å². The molecule has 0 spiro atoms. The van der Waals surface area contributed by atoms with Crippen LogP contribution < -0.4 is 10.5 Å². The van der Waals surface area contributed by atoms with Crippen LogP contribution in [0.2, 0.25) is 5.02 Å². The smallest absolute Gasteiger partial charge is 0.150 e. The summed E-state index contributed by atoms with van der Waals surface area (Å²) >= 11 is 6.20. The minimum Gasteiger partial charge on any atom is -0.455 e. The fourth-order valence-corrected chi connectivity index (χ4v) is 2.36. The van der Waals surface area contributed by atoms with Gasteiger partial charge < -0.3 is 10.5 Å². The molecule has 0 aliphatic heterocycles. The minimum atomic E-state index is 0.172. The van der Waals surface area contributed by atoms with Crippen molar-refractivity contribution in [3.8, 4) is 11.5 Å². The highest BCUT2D eigenvalue weighted by Gasteiger charge is 2.18. The standard InChI is InChI=1S/C18H22ClNO/c1-4-18(2,3)14-8-10-15(11-9-14)21-17-13(12-20)6-5-7-16(17)19/h5-11H,4,12,20H2,1-3H3. The largest absolute Gasteiger partial charge is 0.455 e. The average molecular weight is 304 g/mol. The van der Waals surface area contributed by atoms with Crippen LogP contribution in [0.25, 0.3) is 0 Å². The lowest BCUT2D eigenvalue weighted by Crippen LogP contribution is -2.14. The highest BCUT2D eigenvalue weighted by atomic mass is 35.5. The lowest BCUT2D eigenvalue weighted by Gasteiger charge is -2.23. The van der Waals surface area contributed by atoms with E-state index in [-0.39, 0.29) is 5.41 Å². The zero-order valence-corrected chi connectivity index (χ0v) is 13.6. The van der Waals surface area contributed by atoms with Crippen molar-refractivity contribution in [2.45, 2.75) is 39.2 Å². The Morgan fingerprint density at radius 1 is 1.10 bits per heavy atom. The molecule has 0 bridgehead atoms. The van der Waals surface area contributed by atoms with Crippen LogP contribution in [-0.4, -0.2) is 0 Å². The van der Waals surface area contributed by atoms with Gasteiger partial charge >= 0.3 is 0 Å². The lowest BCUT2D eigenvalue weighted by molar-refractivity contribution is 0.473. The SMILES string of the molecule is CCC(C)(C)c1ccc(Oc2c(Cl)cccc2CN)cc1. The first-order chi connectivity index (χ1) is 9.97. The summed E-state index contributed by atoms with van der Waals surface area (Å²) in [4.78, 5) is 0. The number of benzene rings is 2. The maximum absolute atomic E-state index is 6.20. The van der Waals surface area contributed by atoms with Gasteiger partial charge in [-0.25, -0.2) is 0 Å². The molecule has 0 aliphatic rings. The molecule has 3 heteroatoms. The predicted molar refractivity (Wildman–Crippen MR) is 89.2 cm³/mol. The Bertz CT molecular complexity index is 605. The van der Waals surface area contributed by atoms with Crippen molar-refractivity contribution in [2.24, 2.45) is 5.73 Å². The van der Waals surface area contributed by atoms with Crippen molar-refractivity contribution in [3.05, 3.63) is 58.6 Å². The van der Waals surface area contributed by atoms with Crippen molar-refractivity contribution in [1.82, 2.24) is 0 Å². The summed E-state index contributed by atoms with van der Waals surface area (Å²) in [7, 11) is 0. The zero-order valence-electron chi connectivity index (χ0n) is 12.8. The van der Waals surface area contributed by atoms with E-state index in [4.69, 9.17) is 22.1 Å². The number of hydrogen-bond donors (Lipinski definition) is 1. The number of hydrogen-bond acceptors (Lipinski definition) is 2. The van der Waals surface area contributed by atoms with Gasteiger partial charge in [0.2, 0.25) is 0 Å². The topological polar surface area (TPSA) is 35.2 Å². The van der Waals surface area contributed by atoms with Crippen LogP contribution in [-0.2, 0) is 12.0 Å². The molecule has 2 aromatic carbocycles. The molecule has 0 radical (unpaired) electrons. The Labute approximate surface area is 131 Å². The van der Waals surface area contributed by atoms with Crippen LogP contribution in [0.15, 0.2) is 42.5 Å². The normalized spacial score (nSPS) is 11.5. The summed E-state index contributed by atoms with van der Waals surface area (Å²) in [6.07, 6.45) is 1.09. The van der Waals surface area contributed by atoms with Gasteiger partial charge in [0.25, 0.3) is 0 Å². The van der Waals surface area contributed by atoms with E-state index in [2.05, 4.69) is 32.9 Å². The molecule has 0 saturated carbocycles. The Hall–Kier alpha value is -1.51. The monoisotopic (exact) mass is 303 g/mol. The highest BCUT2D eigenvalue weighted by molar-refractivity contribution is 6.32. The van der Waals surface area contributed by atoms with Gasteiger partial charge in [0.05, 0.1) is 5.02 Å². The summed E-state index contributed by atoms with van der Waals surface area (Å²) in [5.74, 6) is 1.41. The zero-order chi connectivity index (χ0) is 15.5. The van der Waals surface area contributed by atoms with Crippen LogP contribution in [0.3, 0.4) is 0 Å². The maximum atomic E-state index is 6.20. The number of rotatable bonds is 5. The Balaban J connectivity index is 2.26. The fourth-order valence-electron chi connectivity index (χ4n) is 2.12. The second-order valence-electron chi connectivity index (χ2n) is 5.80. The van der Waals surface area contributed by atoms with E-state index in [9.17, 15) is 0 Å². The lowest BCUT2D eigenvalue weighted by atomic mass is 9.82. The van der Waals surface area contributed by atoms with Gasteiger partial charge in [0.15, 0.2) is 0 Å². The molecule has 2 nitrogen and oxygen atoms in total. The molecule has 0 amide bonds. The first-order valence-corrected chi connectivity index (χ1v) is 7.61. The maximum Gasteiger partial charge on any atom is 0.150 e. The predicted octanol–water partition coefficient (Wildman–Crippen LogP) is 5.28. The summed E-state index contributed by atoms with van der Waals surface area (Å²) in [6.45, 7) is 7.07. The second-order valence-corrected chi connectivity index (χ2v) is 6.20. The third-order valence-corrected chi connectivity index (χ3v) is 4.31. The third kappa shape index (κ3) is 3.58. The molecule has 21 heavy (non-hydrogen) atoms. The van der Waals surface area contributed by atoms with Gasteiger partial charge in [-0.15, -0.1) is 0 Å². The summed E-state index contributed by atoms with van der Waals surface area (Å²) in [5, 5.41) is 0.580. The fraction of sp³-hybridized carbons (Fsp3) is 0.333. The van der Waals surface area contributed by atoms with E-state index in [0.717, 1.165) is 17.7 Å². The number of nitrogens with two attached hydrogens (primary N) is 1. The molecular weight excluding hydrogens is 282 g/mol. The van der Waals surface area contributed by atoms with E-state index in [1.165, 1.54) is 5.56 Å². The summed E-state index contributed by atoms with van der Waals surface area (Å²) in [6, 6.07) is 13.8. The van der Waals surface area contributed by atoms with Crippen molar-refractivity contribution < 1.29 is 4.74 Å². The molecule has 0 unspecified atom stereocenters. The van der Waals surface area contributed by atoms with E-state index in [1.807, 2.05) is 30.3 Å². The molecule has 2 aromatic rings. The van der Waals surface area contributed by atoms with E-state index in [0.29, 0.717) is 17.3 Å². The molecule has 0 heterocycles. The molecule has 2 N–H and O–H groups in total. The molecule has 0 aromatic heterocycles. The van der Waals surface area contributed by atoms with Crippen molar-refractivity contribution in [2.75, 3.05) is 0 Å². The van der Waals surface area contributed by atoms with Crippen LogP contribution in [0, 0.1) is 0 Å². The average Bonchev–Trinajstić information content (AvgIpc) is 2.50. The van der Waals surface area contributed by atoms with Gasteiger partial charge in [-0.05, 0) is 35.6 Å². The molecule has 0 atom stereocenters. The van der Waals surface area contributed by atoms with Gasteiger partial charge in [-0.3, -0.25) is 0 Å². The van der Waals surface area contributed by atoms with Crippen LogP contribution in [0.4, 0.5) is 0 Å². The van der Waals surface area contributed by atoms with Gasteiger partial charge in [0, 0.05) is 12.1 Å². The summed E-state index contributed by atoms with van der Waals surface area (Å²) in [5.41, 5.74) is 8.11. The third-order valence-electron chi connectivity index (χ3n) is 4.01. The molecule has 0 aliphatic carbocycles. The van der Waals surface area contributed by atoms with Crippen LogP contribution in [0.1, 0.15) is 38.3 Å². The van der Waals surface area contributed by atoms with Gasteiger partial charge in [0.1, 0.15) is 11.5 Å². The highest BCUT2D eigenvalue weighted by Crippen LogP contribution is 2.34. The first kappa shape index (κ1) is 15.9. The van der Waals surface area contributed by atoms with Crippen molar-refractivity contribution in [1.29, 1.82) is 0 Å². The Morgan fingerprint density at radius 3 is 2.33 bits per heavy atom. The van der Waals surface area contributed by atoms with Crippen LogP contribution in [0.5, 0.6) is 11.5 Å². The van der Waals surface area contributed by atoms with Gasteiger partial charge in [-0.2, -0.15) is 0 Å². The van der Waals surface area contributed by atoms with Crippen molar-refractivity contribution >= 4 is 11.6 Å².